The molecule has 0 atom stereocenters. The van der Waals surface area contributed by atoms with Crippen molar-refractivity contribution in [3.8, 4) is 0 Å². The number of aryl methyl sites for hydroxylation is 1. The second-order valence-electron chi connectivity index (χ2n) is 4.92. The van der Waals surface area contributed by atoms with Crippen LogP contribution in [-0.4, -0.2) is 12.6 Å². The molecular formula is C19H19ClO2. The Morgan fingerprint density at radius 2 is 1.91 bits per heavy atom. The molecule has 22 heavy (non-hydrogen) atoms. The first-order valence-corrected chi connectivity index (χ1v) is 7.74. The molecule has 0 bridgehead atoms. The van der Waals surface area contributed by atoms with E-state index in [-0.39, 0.29) is 5.97 Å². The van der Waals surface area contributed by atoms with Crippen LogP contribution >= 0.6 is 11.6 Å². The summed E-state index contributed by atoms with van der Waals surface area (Å²) in [5.74, 6) is -0.299. The fraction of sp³-hybridized carbons (Fsp3) is 0.211. The average Bonchev–Trinajstić information content (AvgIpc) is 2.52. The minimum Gasteiger partial charge on any atom is -0.463 e. The molecule has 0 heterocycles. The van der Waals surface area contributed by atoms with E-state index >= 15 is 0 Å². The Labute approximate surface area is 136 Å². The number of benzene rings is 2. The molecule has 0 aliphatic rings. The second-order valence-corrected chi connectivity index (χ2v) is 5.35. The molecule has 3 heteroatoms. The number of hydrogen-bond acceptors (Lipinski definition) is 2. The zero-order chi connectivity index (χ0) is 15.8. The highest BCUT2D eigenvalue weighted by atomic mass is 35.5. The van der Waals surface area contributed by atoms with Crippen molar-refractivity contribution in [1.29, 1.82) is 0 Å². The molecule has 0 fully saturated rings. The summed E-state index contributed by atoms with van der Waals surface area (Å²) in [4.78, 5) is 11.8. The molecular weight excluding hydrogens is 296 g/mol. The maximum atomic E-state index is 11.8. The Hall–Kier alpha value is -2.06. The molecule has 0 saturated carbocycles. The third-order valence-electron chi connectivity index (χ3n) is 3.30. The van der Waals surface area contributed by atoms with Crippen LogP contribution in [0.5, 0.6) is 0 Å². The van der Waals surface area contributed by atoms with E-state index in [1.807, 2.05) is 54.6 Å². The van der Waals surface area contributed by atoms with Gasteiger partial charge in [0.1, 0.15) is 0 Å². The molecule has 0 unspecified atom stereocenters. The van der Waals surface area contributed by atoms with Gasteiger partial charge < -0.3 is 4.74 Å². The fourth-order valence-electron chi connectivity index (χ4n) is 2.25. The molecule has 0 aliphatic carbocycles. The molecule has 0 radical (unpaired) electrons. The lowest BCUT2D eigenvalue weighted by molar-refractivity contribution is -0.137. The summed E-state index contributed by atoms with van der Waals surface area (Å²) in [6, 6.07) is 17.7. The van der Waals surface area contributed by atoms with Gasteiger partial charge in [0.05, 0.1) is 6.61 Å². The number of rotatable bonds is 6. The summed E-state index contributed by atoms with van der Waals surface area (Å²) in [5, 5.41) is 0.730. The number of ether oxygens (including phenoxy) is 1. The lowest BCUT2D eigenvalue weighted by atomic mass is 9.98. The van der Waals surface area contributed by atoms with E-state index in [4.69, 9.17) is 16.3 Å². The summed E-state index contributed by atoms with van der Waals surface area (Å²) in [6.45, 7) is 2.19. The third-order valence-corrected chi connectivity index (χ3v) is 3.53. The van der Waals surface area contributed by atoms with E-state index in [0.717, 1.165) is 34.6 Å². The predicted octanol–water partition coefficient (Wildman–Crippen LogP) is 4.92. The molecule has 0 N–H and O–H groups in total. The van der Waals surface area contributed by atoms with E-state index in [9.17, 15) is 4.79 Å². The lowest BCUT2D eigenvalue weighted by Crippen LogP contribution is -2.01. The second kappa shape index (κ2) is 8.40. The van der Waals surface area contributed by atoms with Crippen molar-refractivity contribution in [3.63, 3.8) is 0 Å². The van der Waals surface area contributed by atoms with Crippen LogP contribution in [0, 0.1) is 0 Å². The highest BCUT2D eigenvalue weighted by Gasteiger charge is 2.06. The standard InChI is InChI=1S/C19H19ClO2/c1-2-22-19(21)14-17(16-8-4-3-5-9-16)12-11-15-7-6-10-18(20)13-15/h3-10,13-14H,2,11-12H2,1H3/b17-14+. The van der Waals surface area contributed by atoms with Crippen LogP contribution in [0.1, 0.15) is 24.5 Å². The largest absolute Gasteiger partial charge is 0.463 e. The van der Waals surface area contributed by atoms with Gasteiger partial charge in [-0.05, 0) is 48.6 Å². The minimum atomic E-state index is -0.299. The maximum Gasteiger partial charge on any atom is 0.331 e. The Bertz CT molecular complexity index is 647. The monoisotopic (exact) mass is 314 g/mol. The fourth-order valence-corrected chi connectivity index (χ4v) is 2.46. The molecule has 2 aromatic carbocycles. The summed E-state index contributed by atoms with van der Waals surface area (Å²) < 4.78 is 5.03. The summed E-state index contributed by atoms with van der Waals surface area (Å²) >= 11 is 6.01. The van der Waals surface area contributed by atoms with Crippen LogP contribution in [0.3, 0.4) is 0 Å². The summed E-state index contributed by atoms with van der Waals surface area (Å²) in [6.07, 6.45) is 3.16. The molecule has 0 amide bonds. The number of allylic oxidation sites excluding steroid dienone is 1. The molecule has 0 saturated heterocycles. The van der Waals surface area contributed by atoms with Gasteiger partial charge in [-0.25, -0.2) is 4.79 Å². The quantitative estimate of drug-likeness (QED) is 0.559. The Kier molecular flexibility index (Phi) is 6.23. The molecule has 2 nitrogen and oxygen atoms in total. The van der Waals surface area contributed by atoms with Gasteiger partial charge >= 0.3 is 5.97 Å². The van der Waals surface area contributed by atoms with E-state index in [0.29, 0.717) is 6.61 Å². The van der Waals surface area contributed by atoms with Crippen LogP contribution < -0.4 is 0 Å². The Balaban J connectivity index is 2.16. The maximum absolute atomic E-state index is 11.8. The van der Waals surface area contributed by atoms with Crippen molar-refractivity contribution < 1.29 is 9.53 Å². The van der Waals surface area contributed by atoms with Gasteiger partial charge in [0.25, 0.3) is 0 Å². The van der Waals surface area contributed by atoms with E-state index in [1.54, 1.807) is 13.0 Å². The van der Waals surface area contributed by atoms with Crippen LogP contribution in [0.25, 0.3) is 5.57 Å². The van der Waals surface area contributed by atoms with Crippen molar-refractivity contribution in [2.75, 3.05) is 6.61 Å². The van der Waals surface area contributed by atoms with Gasteiger partial charge in [0, 0.05) is 11.1 Å². The molecule has 0 spiro atoms. The first kappa shape index (κ1) is 16.3. The van der Waals surface area contributed by atoms with Crippen LogP contribution in [0.15, 0.2) is 60.7 Å². The van der Waals surface area contributed by atoms with Crippen molar-refractivity contribution in [2.45, 2.75) is 19.8 Å². The molecule has 2 rings (SSSR count). The summed E-state index contributed by atoms with van der Waals surface area (Å²) in [5.41, 5.74) is 3.16. The smallest absolute Gasteiger partial charge is 0.331 e. The third kappa shape index (κ3) is 5.05. The lowest BCUT2D eigenvalue weighted by Gasteiger charge is -2.09. The van der Waals surface area contributed by atoms with Crippen molar-refractivity contribution in [1.82, 2.24) is 0 Å². The van der Waals surface area contributed by atoms with Gasteiger partial charge in [0.15, 0.2) is 0 Å². The van der Waals surface area contributed by atoms with Gasteiger partial charge in [-0.2, -0.15) is 0 Å². The Morgan fingerprint density at radius 1 is 1.14 bits per heavy atom. The van der Waals surface area contributed by atoms with Crippen LogP contribution in [0.4, 0.5) is 0 Å². The first-order chi connectivity index (χ1) is 10.7. The van der Waals surface area contributed by atoms with Crippen LogP contribution in [-0.2, 0) is 16.0 Å². The highest BCUT2D eigenvalue weighted by Crippen LogP contribution is 2.22. The van der Waals surface area contributed by atoms with Gasteiger partial charge in [-0.1, -0.05) is 54.1 Å². The number of carbonyl (C=O) groups excluding carboxylic acids is 1. The van der Waals surface area contributed by atoms with Gasteiger partial charge in [-0.15, -0.1) is 0 Å². The number of halogens is 1. The first-order valence-electron chi connectivity index (χ1n) is 7.36. The summed E-state index contributed by atoms with van der Waals surface area (Å²) in [7, 11) is 0. The topological polar surface area (TPSA) is 26.3 Å². The Morgan fingerprint density at radius 3 is 2.59 bits per heavy atom. The van der Waals surface area contributed by atoms with Gasteiger partial charge in [0.2, 0.25) is 0 Å². The SMILES string of the molecule is CCOC(=O)/C=C(\CCc1cccc(Cl)c1)c1ccccc1. The molecule has 114 valence electrons. The van der Waals surface area contributed by atoms with Gasteiger partial charge in [-0.3, -0.25) is 0 Å². The molecule has 0 aromatic heterocycles. The molecule has 0 aliphatic heterocycles. The predicted molar refractivity (Wildman–Crippen MR) is 90.8 cm³/mol. The number of hydrogen-bond donors (Lipinski definition) is 0. The zero-order valence-corrected chi connectivity index (χ0v) is 13.3. The van der Waals surface area contributed by atoms with Crippen molar-refractivity contribution >= 4 is 23.1 Å². The number of esters is 1. The zero-order valence-electron chi connectivity index (χ0n) is 12.6. The van der Waals surface area contributed by atoms with Crippen molar-refractivity contribution in [3.05, 3.63) is 76.8 Å². The minimum absolute atomic E-state index is 0.299. The van der Waals surface area contributed by atoms with Crippen LogP contribution in [0.2, 0.25) is 5.02 Å². The van der Waals surface area contributed by atoms with E-state index in [2.05, 4.69) is 0 Å². The molecule has 2 aromatic rings. The van der Waals surface area contributed by atoms with Crippen molar-refractivity contribution in [2.24, 2.45) is 0 Å². The highest BCUT2D eigenvalue weighted by molar-refractivity contribution is 6.30. The number of carbonyl (C=O) groups is 1. The van der Waals surface area contributed by atoms with E-state index in [1.165, 1.54) is 0 Å². The average molecular weight is 315 g/mol. The normalized spacial score (nSPS) is 11.3. The van der Waals surface area contributed by atoms with E-state index < -0.39 is 0 Å².